The van der Waals surface area contributed by atoms with Crippen LogP contribution in [0.25, 0.3) is 0 Å². The van der Waals surface area contributed by atoms with Crippen LogP contribution in [0.4, 0.5) is 0 Å². The highest BCUT2D eigenvalue weighted by Crippen LogP contribution is 2.26. The van der Waals surface area contributed by atoms with Gasteiger partial charge in [-0.1, -0.05) is 11.6 Å². The van der Waals surface area contributed by atoms with Gasteiger partial charge < -0.3 is 5.32 Å². The Morgan fingerprint density at radius 1 is 1.69 bits per heavy atom. The number of likely N-dealkylation sites (N-methyl/N-ethyl adjacent to an activating group) is 1. The average molecular weight is 260 g/mol. The quantitative estimate of drug-likeness (QED) is 0.850. The highest BCUT2D eigenvalue weighted by Gasteiger charge is 2.28. The SMILES string of the molecule is CC(CNCc1ncc(Cl)s1)N(C)C1CC1. The van der Waals surface area contributed by atoms with E-state index in [1.165, 1.54) is 12.8 Å². The summed E-state index contributed by atoms with van der Waals surface area (Å²) >= 11 is 7.37. The van der Waals surface area contributed by atoms with Crippen LogP contribution in [-0.4, -0.2) is 35.6 Å². The second-order valence-electron chi connectivity index (χ2n) is 4.43. The third-order valence-electron chi connectivity index (χ3n) is 3.06. The molecule has 1 aromatic rings. The fraction of sp³-hybridized carbons (Fsp3) is 0.727. The van der Waals surface area contributed by atoms with Gasteiger partial charge in [0.15, 0.2) is 0 Å². The van der Waals surface area contributed by atoms with Crippen LogP contribution in [0.3, 0.4) is 0 Å². The number of hydrogen-bond acceptors (Lipinski definition) is 4. The minimum Gasteiger partial charge on any atom is -0.309 e. The van der Waals surface area contributed by atoms with Crippen molar-refractivity contribution in [2.24, 2.45) is 0 Å². The summed E-state index contributed by atoms with van der Waals surface area (Å²) in [5.41, 5.74) is 0. The van der Waals surface area contributed by atoms with Crippen molar-refractivity contribution in [1.82, 2.24) is 15.2 Å². The summed E-state index contributed by atoms with van der Waals surface area (Å²) in [7, 11) is 2.21. The molecule has 1 unspecified atom stereocenters. The Bertz CT molecular complexity index is 338. The summed E-state index contributed by atoms with van der Waals surface area (Å²) in [6, 6.07) is 1.41. The topological polar surface area (TPSA) is 28.2 Å². The first-order valence-corrected chi connectivity index (χ1v) is 6.89. The lowest BCUT2D eigenvalue weighted by atomic mass is 10.3. The van der Waals surface area contributed by atoms with Crippen LogP contribution in [0, 0.1) is 0 Å². The normalized spacial score (nSPS) is 18.0. The average Bonchev–Trinajstić information content (AvgIpc) is 3.02. The van der Waals surface area contributed by atoms with E-state index in [-0.39, 0.29) is 0 Å². The van der Waals surface area contributed by atoms with Crippen LogP contribution in [0.5, 0.6) is 0 Å². The van der Waals surface area contributed by atoms with Crippen molar-refractivity contribution in [1.29, 1.82) is 0 Å². The molecule has 0 radical (unpaired) electrons. The molecular weight excluding hydrogens is 242 g/mol. The molecule has 1 aliphatic rings. The Hall–Kier alpha value is -0.160. The Balaban J connectivity index is 1.67. The monoisotopic (exact) mass is 259 g/mol. The summed E-state index contributed by atoms with van der Waals surface area (Å²) in [5, 5.41) is 4.49. The van der Waals surface area contributed by atoms with Gasteiger partial charge in [-0.15, -0.1) is 11.3 Å². The van der Waals surface area contributed by atoms with E-state index in [4.69, 9.17) is 11.6 Å². The lowest BCUT2D eigenvalue weighted by Gasteiger charge is -2.24. The fourth-order valence-corrected chi connectivity index (χ4v) is 2.67. The number of aromatic nitrogens is 1. The molecule has 1 aliphatic carbocycles. The zero-order valence-corrected chi connectivity index (χ0v) is 11.3. The molecule has 0 aromatic carbocycles. The lowest BCUT2D eigenvalue weighted by molar-refractivity contribution is 0.241. The van der Waals surface area contributed by atoms with E-state index < -0.39 is 0 Å². The molecule has 1 N–H and O–H groups in total. The van der Waals surface area contributed by atoms with Crippen molar-refractivity contribution in [2.75, 3.05) is 13.6 Å². The molecule has 0 aliphatic heterocycles. The third-order valence-corrected chi connectivity index (χ3v) is 4.17. The number of hydrogen-bond donors (Lipinski definition) is 1. The summed E-state index contributed by atoms with van der Waals surface area (Å²) in [6.07, 6.45) is 4.44. The van der Waals surface area contributed by atoms with E-state index in [1.807, 2.05) is 0 Å². The maximum Gasteiger partial charge on any atom is 0.113 e. The zero-order valence-electron chi connectivity index (χ0n) is 9.74. The minimum atomic E-state index is 0.586. The summed E-state index contributed by atoms with van der Waals surface area (Å²) < 4.78 is 0.764. The van der Waals surface area contributed by atoms with Crippen LogP contribution < -0.4 is 5.32 Å². The van der Waals surface area contributed by atoms with Crippen LogP contribution in [0.2, 0.25) is 4.34 Å². The van der Waals surface area contributed by atoms with Gasteiger partial charge in [-0.25, -0.2) is 4.98 Å². The predicted octanol–water partition coefficient (Wildman–Crippen LogP) is 2.37. The fourth-order valence-electron chi connectivity index (χ4n) is 1.74. The minimum absolute atomic E-state index is 0.586. The predicted molar refractivity (Wildman–Crippen MR) is 69.1 cm³/mol. The molecular formula is C11H18ClN3S. The molecule has 1 heterocycles. The van der Waals surface area contributed by atoms with Crippen molar-refractivity contribution in [2.45, 2.75) is 38.4 Å². The van der Waals surface area contributed by atoms with E-state index in [2.05, 4.69) is 29.2 Å². The molecule has 0 spiro atoms. The van der Waals surface area contributed by atoms with Gasteiger partial charge in [0.25, 0.3) is 0 Å². The second kappa shape index (κ2) is 5.45. The molecule has 1 fully saturated rings. The molecule has 16 heavy (non-hydrogen) atoms. The highest BCUT2D eigenvalue weighted by atomic mass is 35.5. The Labute approximate surface area is 106 Å². The van der Waals surface area contributed by atoms with Gasteiger partial charge in [0, 0.05) is 25.2 Å². The largest absolute Gasteiger partial charge is 0.309 e. The van der Waals surface area contributed by atoms with Gasteiger partial charge in [0.1, 0.15) is 9.34 Å². The number of nitrogens with zero attached hydrogens (tertiary/aromatic N) is 2. The van der Waals surface area contributed by atoms with Crippen LogP contribution >= 0.6 is 22.9 Å². The highest BCUT2D eigenvalue weighted by molar-refractivity contribution is 7.15. The van der Waals surface area contributed by atoms with Gasteiger partial charge in [-0.05, 0) is 26.8 Å². The van der Waals surface area contributed by atoms with Gasteiger partial charge >= 0.3 is 0 Å². The van der Waals surface area contributed by atoms with Crippen LogP contribution in [0.15, 0.2) is 6.20 Å². The van der Waals surface area contributed by atoms with E-state index in [1.54, 1.807) is 17.5 Å². The van der Waals surface area contributed by atoms with E-state index in [0.717, 1.165) is 28.5 Å². The molecule has 5 heteroatoms. The molecule has 0 bridgehead atoms. The maximum absolute atomic E-state index is 5.82. The summed E-state index contributed by atoms with van der Waals surface area (Å²) in [5.74, 6) is 0. The van der Waals surface area contributed by atoms with Crippen molar-refractivity contribution in [3.8, 4) is 0 Å². The lowest BCUT2D eigenvalue weighted by Crippen LogP contribution is -2.38. The Kier molecular flexibility index (Phi) is 4.19. The molecule has 90 valence electrons. The van der Waals surface area contributed by atoms with E-state index >= 15 is 0 Å². The van der Waals surface area contributed by atoms with Crippen molar-refractivity contribution >= 4 is 22.9 Å². The third kappa shape index (κ3) is 3.42. The number of rotatable bonds is 6. The molecule has 0 amide bonds. The summed E-state index contributed by atoms with van der Waals surface area (Å²) in [6.45, 7) is 4.09. The maximum atomic E-state index is 5.82. The van der Waals surface area contributed by atoms with Crippen molar-refractivity contribution in [3.63, 3.8) is 0 Å². The van der Waals surface area contributed by atoms with Gasteiger partial charge in [-0.2, -0.15) is 0 Å². The second-order valence-corrected chi connectivity index (χ2v) is 6.18. The molecule has 0 saturated heterocycles. The molecule has 2 rings (SSSR count). The molecule has 1 saturated carbocycles. The van der Waals surface area contributed by atoms with Crippen LogP contribution in [-0.2, 0) is 6.54 Å². The number of halogens is 1. The van der Waals surface area contributed by atoms with Gasteiger partial charge in [0.05, 0.1) is 6.20 Å². The summed E-state index contributed by atoms with van der Waals surface area (Å²) in [4.78, 5) is 6.68. The Morgan fingerprint density at radius 2 is 2.44 bits per heavy atom. The van der Waals surface area contributed by atoms with E-state index in [9.17, 15) is 0 Å². The van der Waals surface area contributed by atoms with Gasteiger partial charge in [-0.3, -0.25) is 4.90 Å². The number of thiazole rings is 1. The van der Waals surface area contributed by atoms with Gasteiger partial charge in [0.2, 0.25) is 0 Å². The molecule has 1 aromatic heterocycles. The molecule has 1 atom stereocenters. The molecule has 3 nitrogen and oxygen atoms in total. The first kappa shape index (κ1) is 12.3. The standard InChI is InChI=1S/C11H18ClN3S/c1-8(15(2)9-3-4-9)5-13-7-11-14-6-10(12)16-11/h6,8-9,13H,3-5,7H2,1-2H3. The first-order chi connectivity index (χ1) is 7.66. The van der Waals surface area contributed by atoms with Crippen LogP contribution in [0.1, 0.15) is 24.8 Å². The zero-order chi connectivity index (χ0) is 11.5. The smallest absolute Gasteiger partial charge is 0.113 e. The van der Waals surface area contributed by atoms with Crippen molar-refractivity contribution in [3.05, 3.63) is 15.5 Å². The number of nitrogens with one attached hydrogen (secondary N) is 1. The Morgan fingerprint density at radius 3 is 3.00 bits per heavy atom. The first-order valence-electron chi connectivity index (χ1n) is 5.69. The van der Waals surface area contributed by atoms with Crippen molar-refractivity contribution < 1.29 is 0 Å². The van der Waals surface area contributed by atoms with E-state index in [0.29, 0.717) is 6.04 Å².